The van der Waals surface area contributed by atoms with E-state index in [2.05, 4.69) is 60.4 Å². The number of likely N-dealkylation sites (N-methyl/N-ethyl adjacent to an activating group) is 1. The molecule has 0 unspecified atom stereocenters. The third kappa shape index (κ3) is 6.29. The van der Waals surface area contributed by atoms with Crippen LogP contribution in [0.4, 0.5) is 5.69 Å². The lowest BCUT2D eigenvalue weighted by Gasteiger charge is -2.31. The van der Waals surface area contributed by atoms with Gasteiger partial charge in [0.05, 0.1) is 36.0 Å². The number of ether oxygens (including phenoxy) is 1. The van der Waals surface area contributed by atoms with Gasteiger partial charge in [-0.05, 0) is 70.0 Å². The topological polar surface area (TPSA) is 97.8 Å². The highest BCUT2D eigenvalue weighted by Crippen LogP contribution is 2.44. The number of esters is 1. The van der Waals surface area contributed by atoms with Crippen molar-refractivity contribution < 1.29 is 19.4 Å². The number of aromatic nitrogens is 1. The second-order valence-electron chi connectivity index (χ2n) is 9.64. The SMILES string of the molecule is CC(C)(C)O.CN.COC(=O)Cc1c(C)c2c3c(cc(C=O)n3CCN2C)c1-c1ccc(C)cc1. The number of rotatable bonds is 4. The molecule has 2 heterocycles. The van der Waals surface area contributed by atoms with Crippen molar-refractivity contribution in [2.24, 2.45) is 5.73 Å². The number of methoxy groups -OCH3 is 1. The Hall–Kier alpha value is -3.16. The summed E-state index contributed by atoms with van der Waals surface area (Å²) >= 11 is 0. The summed E-state index contributed by atoms with van der Waals surface area (Å²) in [6.07, 6.45) is 1.12. The van der Waals surface area contributed by atoms with E-state index in [1.807, 2.05) is 6.07 Å². The molecule has 0 aliphatic carbocycles. The maximum absolute atomic E-state index is 12.2. The fourth-order valence-corrected chi connectivity index (χ4v) is 4.34. The zero-order valence-corrected chi connectivity index (χ0v) is 22.2. The highest BCUT2D eigenvalue weighted by atomic mass is 16.5. The first kappa shape index (κ1) is 28.1. The first-order chi connectivity index (χ1) is 16.5. The van der Waals surface area contributed by atoms with E-state index < -0.39 is 5.60 Å². The number of carbonyl (C=O) groups excluding carboxylic acids is 2. The number of hydrogen-bond acceptors (Lipinski definition) is 6. The molecule has 0 radical (unpaired) electrons. The van der Waals surface area contributed by atoms with Crippen LogP contribution < -0.4 is 10.6 Å². The Morgan fingerprint density at radius 2 is 1.71 bits per heavy atom. The first-order valence-corrected chi connectivity index (χ1v) is 11.7. The lowest BCUT2D eigenvalue weighted by atomic mass is 9.88. The quantitative estimate of drug-likeness (QED) is 0.427. The molecule has 190 valence electrons. The molecule has 35 heavy (non-hydrogen) atoms. The van der Waals surface area contributed by atoms with Gasteiger partial charge < -0.3 is 25.0 Å². The molecule has 1 aliphatic rings. The molecular weight excluding hydrogens is 442 g/mol. The van der Waals surface area contributed by atoms with E-state index in [-0.39, 0.29) is 12.4 Å². The highest BCUT2D eigenvalue weighted by molar-refractivity contribution is 6.09. The molecule has 7 nitrogen and oxygen atoms in total. The van der Waals surface area contributed by atoms with Crippen molar-refractivity contribution in [1.82, 2.24) is 4.57 Å². The van der Waals surface area contributed by atoms with Crippen molar-refractivity contribution in [3.8, 4) is 11.1 Å². The monoisotopic (exact) mass is 481 g/mol. The maximum atomic E-state index is 12.2. The van der Waals surface area contributed by atoms with Gasteiger partial charge in [-0.15, -0.1) is 0 Å². The van der Waals surface area contributed by atoms with Gasteiger partial charge in [0.2, 0.25) is 0 Å². The molecule has 2 aromatic carbocycles. The standard InChI is InChI=1S/C23H24N2O3.C4H10O.CH5N/c1-14-5-7-16(8-6-14)21-18(12-20(27)28-4)15(2)22-23-19(21)11-17(13-26)25(23)10-9-24(22)3;1-4(2,3)5;1-2/h5-8,11,13H,9-10,12H2,1-4H3;5H,1-3H3;2H2,1H3. The third-order valence-corrected chi connectivity index (χ3v) is 5.78. The Bertz CT molecular complexity index is 1180. The van der Waals surface area contributed by atoms with Gasteiger partial charge in [0, 0.05) is 25.5 Å². The smallest absolute Gasteiger partial charge is 0.310 e. The van der Waals surface area contributed by atoms with Gasteiger partial charge in [-0.2, -0.15) is 0 Å². The van der Waals surface area contributed by atoms with E-state index >= 15 is 0 Å². The van der Waals surface area contributed by atoms with Crippen LogP contribution in [0.2, 0.25) is 0 Å². The summed E-state index contributed by atoms with van der Waals surface area (Å²) in [7, 11) is 4.98. The number of carbonyl (C=O) groups is 2. The van der Waals surface area contributed by atoms with Gasteiger partial charge >= 0.3 is 5.97 Å². The molecule has 7 heteroatoms. The fraction of sp³-hybridized carbons (Fsp3) is 0.429. The van der Waals surface area contributed by atoms with E-state index in [0.717, 1.165) is 58.2 Å². The first-order valence-electron chi connectivity index (χ1n) is 11.7. The minimum atomic E-state index is -0.500. The third-order valence-electron chi connectivity index (χ3n) is 5.78. The van der Waals surface area contributed by atoms with Crippen molar-refractivity contribution in [1.29, 1.82) is 0 Å². The lowest BCUT2D eigenvalue weighted by Crippen LogP contribution is -2.29. The number of aryl methyl sites for hydroxylation is 1. The number of nitrogens with two attached hydrogens (primary N) is 1. The van der Waals surface area contributed by atoms with Crippen molar-refractivity contribution in [3.63, 3.8) is 0 Å². The van der Waals surface area contributed by atoms with Crippen LogP contribution in [0.1, 0.15) is 48.0 Å². The Labute approximate surface area is 208 Å². The molecule has 1 aromatic heterocycles. The highest BCUT2D eigenvalue weighted by Gasteiger charge is 2.28. The molecule has 0 spiro atoms. The fourth-order valence-electron chi connectivity index (χ4n) is 4.34. The molecule has 0 bridgehead atoms. The van der Waals surface area contributed by atoms with Crippen LogP contribution in [-0.2, 0) is 22.5 Å². The molecule has 0 atom stereocenters. The Morgan fingerprint density at radius 1 is 1.14 bits per heavy atom. The molecule has 0 amide bonds. The van der Waals surface area contributed by atoms with Crippen LogP contribution in [0, 0.1) is 13.8 Å². The number of anilines is 1. The van der Waals surface area contributed by atoms with Crippen LogP contribution in [0.3, 0.4) is 0 Å². The number of hydrogen-bond donors (Lipinski definition) is 2. The van der Waals surface area contributed by atoms with E-state index in [1.165, 1.54) is 19.7 Å². The predicted octanol–water partition coefficient (Wildman–Crippen LogP) is 4.26. The molecule has 0 fully saturated rings. The normalized spacial score (nSPS) is 12.3. The van der Waals surface area contributed by atoms with Crippen LogP contribution in [0.5, 0.6) is 0 Å². The van der Waals surface area contributed by atoms with Gasteiger partial charge in [0.25, 0.3) is 0 Å². The van der Waals surface area contributed by atoms with Crippen molar-refractivity contribution >= 4 is 28.8 Å². The predicted molar refractivity (Wildman–Crippen MR) is 143 cm³/mol. The second-order valence-corrected chi connectivity index (χ2v) is 9.64. The molecule has 0 saturated carbocycles. The van der Waals surface area contributed by atoms with Gasteiger partial charge in [-0.25, -0.2) is 0 Å². The minimum Gasteiger partial charge on any atom is -0.469 e. The molecular formula is C28H39N3O4. The lowest BCUT2D eigenvalue weighted by molar-refractivity contribution is -0.139. The van der Waals surface area contributed by atoms with Crippen LogP contribution in [0.25, 0.3) is 22.0 Å². The van der Waals surface area contributed by atoms with Crippen LogP contribution >= 0.6 is 0 Å². The Balaban J connectivity index is 0.000000551. The molecule has 4 rings (SSSR count). The molecule has 0 saturated heterocycles. The van der Waals surface area contributed by atoms with Crippen molar-refractivity contribution in [2.75, 3.05) is 32.6 Å². The van der Waals surface area contributed by atoms with E-state index in [1.54, 1.807) is 20.8 Å². The average molecular weight is 482 g/mol. The summed E-state index contributed by atoms with van der Waals surface area (Å²) in [6.45, 7) is 10.9. The summed E-state index contributed by atoms with van der Waals surface area (Å²) in [5, 5.41) is 9.53. The Kier molecular flexibility index (Phi) is 9.24. The van der Waals surface area contributed by atoms with E-state index in [4.69, 9.17) is 9.84 Å². The van der Waals surface area contributed by atoms with Gasteiger partial charge in [0.15, 0.2) is 6.29 Å². The number of aldehydes is 1. The van der Waals surface area contributed by atoms with E-state index in [0.29, 0.717) is 5.69 Å². The summed E-state index contributed by atoms with van der Waals surface area (Å²) in [4.78, 5) is 26.2. The van der Waals surface area contributed by atoms with Gasteiger partial charge in [-0.1, -0.05) is 29.8 Å². The summed E-state index contributed by atoms with van der Waals surface area (Å²) in [5.41, 5.74) is 12.1. The number of benzene rings is 2. The van der Waals surface area contributed by atoms with Crippen LogP contribution in [-0.4, -0.2) is 55.3 Å². The summed E-state index contributed by atoms with van der Waals surface area (Å²) in [5.74, 6) is -0.267. The van der Waals surface area contributed by atoms with Gasteiger partial charge in [0.1, 0.15) is 0 Å². The number of nitrogens with zero attached hydrogens (tertiary/aromatic N) is 2. The molecule has 3 N–H and O–H groups in total. The van der Waals surface area contributed by atoms with E-state index in [9.17, 15) is 9.59 Å². The molecule has 3 aromatic rings. The zero-order chi connectivity index (χ0) is 26.5. The zero-order valence-electron chi connectivity index (χ0n) is 22.2. The average Bonchev–Trinajstić information content (AvgIpc) is 3.17. The number of aliphatic hydroxyl groups is 1. The molecule has 1 aliphatic heterocycles. The summed E-state index contributed by atoms with van der Waals surface area (Å²) < 4.78 is 7.08. The van der Waals surface area contributed by atoms with Crippen molar-refractivity contribution in [2.45, 2.75) is 53.2 Å². The largest absolute Gasteiger partial charge is 0.469 e. The minimum absolute atomic E-state index is 0.198. The maximum Gasteiger partial charge on any atom is 0.310 e. The van der Waals surface area contributed by atoms with Gasteiger partial charge in [-0.3, -0.25) is 9.59 Å². The Morgan fingerprint density at radius 3 is 2.23 bits per heavy atom. The van der Waals surface area contributed by atoms with Crippen molar-refractivity contribution in [3.05, 3.63) is 52.7 Å². The van der Waals surface area contributed by atoms with Crippen LogP contribution in [0.15, 0.2) is 30.3 Å². The summed E-state index contributed by atoms with van der Waals surface area (Å²) in [6, 6.07) is 10.3. The second kappa shape index (κ2) is 11.5.